The first-order valence-corrected chi connectivity index (χ1v) is 6.53. The molecule has 0 radical (unpaired) electrons. The molecule has 0 saturated heterocycles. The SMILES string of the molecule is Cc1ccccc1C(=O)NC(=S)Nc1nccs1. The summed E-state index contributed by atoms with van der Waals surface area (Å²) >= 11 is 6.46. The fourth-order valence-electron chi connectivity index (χ4n) is 1.41. The van der Waals surface area contributed by atoms with Gasteiger partial charge in [-0.1, -0.05) is 18.2 Å². The highest BCUT2D eigenvalue weighted by Crippen LogP contribution is 2.10. The molecule has 2 N–H and O–H groups in total. The number of carbonyl (C=O) groups excluding carboxylic acids is 1. The lowest BCUT2D eigenvalue weighted by atomic mass is 10.1. The van der Waals surface area contributed by atoms with Gasteiger partial charge in [-0.2, -0.15) is 0 Å². The Morgan fingerprint density at radius 2 is 2.17 bits per heavy atom. The Labute approximate surface area is 114 Å². The summed E-state index contributed by atoms with van der Waals surface area (Å²) in [4.78, 5) is 16.0. The Balaban J connectivity index is 2.00. The molecule has 2 aromatic rings. The first-order valence-electron chi connectivity index (χ1n) is 5.24. The molecule has 0 aliphatic carbocycles. The van der Waals surface area contributed by atoms with Crippen LogP contribution in [0.5, 0.6) is 0 Å². The van der Waals surface area contributed by atoms with E-state index in [0.29, 0.717) is 10.7 Å². The van der Waals surface area contributed by atoms with Gasteiger partial charge in [0.25, 0.3) is 5.91 Å². The fraction of sp³-hybridized carbons (Fsp3) is 0.0833. The van der Waals surface area contributed by atoms with E-state index in [1.165, 1.54) is 11.3 Å². The van der Waals surface area contributed by atoms with E-state index >= 15 is 0 Å². The lowest BCUT2D eigenvalue weighted by molar-refractivity contribution is 0.0977. The number of nitrogens with zero attached hydrogens (tertiary/aromatic N) is 1. The fourth-order valence-corrected chi connectivity index (χ4v) is 2.20. The monoisotopic (exact) mass is 277 g/mol. The normalized spacial score (nSPS) is 9.83. The van der Waals surface area contributed by atoms with Crippen LogP contribution in [0.15, 0.2) is 35.8 Å². The van der Waals surface area contributed by atoms with Gasteiger partial charge >= 0.3 is 0 Å². The van der Waals surface area contributed by atoms with E-state index in [1.54, 1.807) is 12.3 Å². The zero-order valence-electron chi connectivity index (χ0n) is 9.64. The third kappa shape index (κ3) is 3.12. The second kappa shape index (κ2) is 5.70. The maximum Gasteiger partial charge on any atom is 0.257 e. The number of rotatable bonds is 2. The third-order valence-corrected chi connectivity index (χ3v) is 3.16. The van der Waals surface area contributed by atoms with Gasteiger partial charge in [0.05, 0.1) is 0 Å². The number of thiocarbonyl (C=S) groups is 1. The maximum absolute atomic E-state index is 11.9. The minimum absolute atomic E-state index is 0.220. The molecule has 2 rings (SSSR count). The molecule has 6 heteroatoms. The topological polar surface area (TPSA) is 54.0 Å². The highest BCUT2D eigenvalue weighted by atomic mass is 32.1. The highest BCUT2D eigenvalue weighted by molar-refractivity contribution is 7.80. The summed E-state index contributed by atoms with van der Waals surface area (Å²) in [5.74, 6) is -0.220. The van der Waals surface area contributed by atoms with E-state index in [-0.39, 0.29) is 11.0 Å². The number of hydrogen-bond acceptors (Lipinski definition) is 4. The van der Waals surface area contributed by atoms with Crippen molar-refractivity contribution in [2.75, 3.05) is 5.32 Å². The van der Waals surface area contributed by atoms with Gasteiger partial charge in [-0.3, -0.25) is 10.1 Å². The molecule has 18 heavy (non-hydrogen) atoms. The van der Waals surface area contributed by atoms with E-state index < -0.39 is 0 Å². The van der Waals surface area contributed by atoms with E-state index in [0.717, 1.165) is 5.56 Å². The van der Waals surface area contributed by atoms with Crippen LogP contribution in [-0.4, -0.2) is 16.0 Å². The molecule has 92 valence electrons. The minimum Gasteiger partial charge on any atom is -0.308 e. The van der Waals surface area contributed by atoms with Crippen molar-refractivity contribution in [1.29, 1.82) is 0 Å². The van der Waals surface area contributed by atoms with Crippen LogP contribution in [0.25, 0.3) is 0 Å². The molecule has 0 saturated carbocycles. The number of aromatic nitrogens is 1. The molecule has 4 nitrogen and oxygen atoms in total. The molecule has 1 heterocycles. The number of hydrogen-bond donors (Lipinski definition) is 2. The summed E-state index contributed by atoms with van der Waals surface area (Å²) in [6.45, 7) is 1.88. The average molecular weight is 277 g/mol. The first kappa shape index (κ1) is 12.7. The molecule has 0 spiro atoms. The predicted molar refractivity (Wildman–Crippen MR) is 77.0 cm³/mol. The van der Waals surface area contributed by atoms with E-state index in [9.17, 15) is 4.79 Å². The standard InChI is InChI=1S/C12H11N3OS2/c1-8-4-2-3-5-9(8)10(16)14-11(17)15-12-13-6-7-18-12/h2-7H,1H3,(H2,13,14,15,16,17). The molecule has 0 aliphatic heterocycles. The van der Waals surface area contributed by atoms with E-state index in [2.05, 4.69) is 15.6 Å². The second-order valence-electron chi connectivity index (χ2n) is 3.56. The number of aryl methyl sites for hydroxylation is 1. The summed E-state index contributed by atoms with van der Waals surface area (Å²) in [5, 5.41) is 8.21. The maximum atomic E-state index is 11.9. The lowest BCUT2D eigenvalue weighted by Gasteiger charge is -2.08. The van der Waals surface area contributed by atoms with Crippen molar-refractivity contribution in [3.63, 3.8) is 0 Å². The van der Waals surface area contributed by atoms with Crippen molar-refractivity contribution in [2.24, 2.45) is 0 Å². The number of amides is 1. The van der Waals surface area contributed by atoms with Crippen molar-refractivity contribution in [2.45, 2.75) is 6.92 Å². The third-order valence-electron chi connectivity index (χ3n) is 2.27. The first-order chi connectivity index (χ1) is 8.66. The summed E-state index contributed by atoms with van der Waals surface area (Å²) in [6, 6.07) is 7.35. The Morgan fingerprint density at radius 3 is 2.83 bits per heavy atom. The van der Waals surface area contributed by atoms with Gasteiger partial charge in [0.2, 0.25) is 0 Å². The van der Waals surface area contributed by atoms with Crippen molar-refractivity contribution in [3.8, 4) is 0 Å². The molecular formula is C12H11N3OS2. The van der Waals surface area contributed by atoms with Crippen LogP contribution < -0.4 is 10.6 Å². The van der Waals surface area contributed by atoms with E-state index in [1.807, 2.05) is 30.5 Å². The minimum atomic E-state index is -0.220. The molecule has 0 bridgehead atoms. The quantitative estimate of drug-likeness (QED) is 0.828. The van der Waals surface area contributed by atoms with Gasteiger partial charge in [-0.25, -0.2) is 4.98 Å². The number of carbonyl (C=O) groups is 1. The average Bonchev–Trinajstić information content (AvgIpc) is 2.82. The van der Waals surface area contributed by atoms with Crippen LogP contribution in [0.1, 0.15) is 15.9 Å². The molecule has 1 aromatic carbocycles. The Bertz CT molecular complexity index is 566. The van der Waals surface area contributed by atoms with Crippen LogP contribution in [0.4, 0.5) is 5.13 Å². The Hall–Kier alpha value is -1.79. The summed E-state index contributed by atoms with van der Waals surface area (Å²) in [6.07, 6.45) is 1.67. The zero-order chi connectivity index (χ0) is 13.0. The Kier molecular flexibility index (Phi) is 4.01. The van der Waals surface area contributed by atoms with Crippen LogP contribution in [0.3, 0.4) is 0 Å². The molecule has 0 aliphatic rings. The smallest absolute Gasteiger partial charge is 0.257 e. The van der Waals surface area contributed by atoms with E-state index in [4.69, 9.17) is 12.2 Å². The van der Waals surface area contributed by atoms with Gasteiger partial charge in [0.15, 0.2) is 10.2 Å². The predicted octanol–water partition coefficient (Wildman–Crippen LogP) is 2.58. The van der Waals surface area contributed by atoms with Gasteiger partial charge in [-0.05, 0) is 30.8 Å². The zero-order valence-corrected chi connectivity index (χ0v) is 11.3. The van der Waals surface area contributed by atoms with Crippen LogP contribution in [0, 0.1) is 6.92 Å². The van der Waals surface area contributed by atoms with Crippen LogP contribution in [0.2, 0.25) is 0 Å². The summed E-state index contributed by atoms with van der Waals surface area (Å²) < 4.78 is 0. The van der Waals surface area contributed by atoms with Crippen molar-refractivity contribution in [1.82, 2.24) is 10.3 Å². The molecule has 1 amide bonds. The van der Waals surface area contributed by atoms with Gasteiger partial charge in [0.1, 0.15) is 0 Å². The largest absolute Gasteiger partial charge is 0.308 e. The molecule has 1 aromatic heterocycles. The van der Waals surface area contributed by atoms with Gasteiger partial charge in [-0.15, -0.1) is 11.3 Å². The second-order valence-corrected chi connectivity index (χ2v) is 4.86. The highest BCUT2D eigenvalue weighted by Gasteiger charge is 2.10. The summed E-state index contributed by atoms with van der Waals surface area (Å²) in [7, 11) is 0. The number of benzene rings is 1. The number of thiazole rings is 1. The van der Waals surface area contributed by atoms with Crippen LogP contribution >= 0.6 is 23.6 Å². The number of nitrogens with one attached hydrogen (secondary N) is 2. The number of anilines is 1. The summed E-state index contributed by atoms with van der Waals surface area (Å²) in [5.41, 5.74) is 1.52. The molecule has 0 fully saturated rings. The molecular weight excluding hydrogens is 266 g/mol. The van der Waals surface area contributed by atoms with Gasteiger partial charge in [0, 0.05) is 17.1 Å². The van der Waals surface area contributed by atoms with Gasteiger partial charge < -0.3 is 5.32 Å². The van der Waals surface area contributed by atoms with Crippen molar-refractivity contribution in [3.05, 3.63) is 47.0 Å². The molecule has 0 unspecified atom stereocenters. The van der Waals surface area contributed by atoms with Crippen molar-refractivity contribution < 1.29 is 4.79 Å². The Morgan fingerprint density at radius 1 is 1.39 bits per heavy atom. The van der Waals surface area contributed by atoms with Crippen LogP contribution in [-0.2, 0) is 0 Å². The molecule has 0 atom stereocenters. The lowest BCUT2D eigenvalue weighted by Crippen LogP contribution is -2.34. The van der Waals surface area contributed by atoms with Crippen molar-refractivity contribution >= 4 is 39.7 Å².